The normalized spacial score (nSPS) is 12.9. The molecule has 4 heteroatoms. The monoisotopic (exact) mass is 170 g/mol. The number of carbonyl (C=O) groups excluding carboxylic acids is 1. The Hall–Kier alpha value is -0.740. The van der Waals surface area contributed by atoms with Crippen molar-refractivity contribution in [1.29, 1.82) is 0 Å². The fourth-order valence-electron chi connectivity index (χ4n) is 0.703. The topological polar surface area (TPSA) is 56.0 Å². The van der Waals surface area contributed by atoms with Crippen LogP contribution in [0.25, 0.3) is 0 Å². The van der Waals surface area contributed by atoms with Crippen LogP contribution in [0, 0.1) is 0 Å². The minimum absolute atomic E-state index is 0.0263. The second kappa shape index (κ2) is 3.59. The number of hydrogen-bond acceptors (Lipinski definition) is 4. The maximum atomic E-state index is 10.7. The van der Waals surface area contributed by atoms with Crippen LogP contribution in [0.4, 0.5) is 0 Å². The molecule has 1 rings (SSSR count). The maximum Gasteiger partial charge on any atom is 0.146 e. The van der Waals surface area contributed by atoms with Crippen molar-refractivity contribution in [2.45, 2.75) is 19.4 Å². The maximum absolute atomic E-state index is 10.7. The highest BCUT2D eigenvalue weighted by Crippen LogP contribution is 2.07. The Bertz CT molecular complexity index is 233. The lowest BCUT2D eigenvalue weighted by molar-refractivity contribution is -0.118. The Morgan fingerprint density at radius 2 is 2.64 bits per heavy atom. The van der Waals surface area contributed by atoms with Gasteiger partial charge in [-0.25, -0.2) is 0 Å². The highest BCUT2D eigenvalue weighted by molar-refractivity contribution is 7.09. The molecule has 60 valence electrons. The van der Waals surface area contributed by atoms with Crippen molar-refractivity contribution in [1.82, 2.24) is 4.98 Å². The van der Waals surface area contributed by atoms with Crippen LogP contribution >= 0.6 is 11.3 Å². The predicted octanol–water partition coefficient (Wildman–Crippen LogP) is 0.602. The molecule has 1 aromatic rings. The largest absolute Gasteiger partial charge is 0.321 e. The van der Waals surface area contributed by atoms with Gasteiger partial charge in [-0.15, -0.1) is 11.3 Å². The summed E-state index contributed by atoms with van der Waals surface area (Å²) in [6.07, 6.45) is 2.35. The molecule has 0 fully saturated rings. The molecule has 11 heavy (non-hydrogen) atoms. The Kier molecular flexibility index (Phi) is 2.73. The smallest absolute Gasteiger partial charge is 0.146 e. The fourth-order valence-corrected chi connectivity index (χ4v) is 1.36. The van der Waals surface area contributed by atoms with Gasteiger partial charge in [-0.05, 0) is 6.92 Å². The molecule has 0 amide bonds. The van der Waals surface area contributed by atoms with Crippen molar-refractivity contribution in [3.05, 3.63) is 16.6 Å². The number of ketones is 1. The molecule has 0 bridgehead atoms. The first kappa shape index (κ1) is 8.36. The quantitative estimate of drug-likeness (QED) is 0.722. The van der Waals surface area contributed by atoms with Gasteiger partial charge in [-0.2, -0.15) is 0 Å². The second-order valence-corrected chi connectivity index (χ2v) is 3.36. The molecule has 1 aromatic heterocycles. The van der Waals surface area contributed by atoms with Gasteiger partial charge in [0.2, 0.25) is 0 Å². The van der Waals surface area contributed by atoms with E-state index in [1.54, 1.807) is 11.7 Å². The average Bonchev–Trinajstić information content (AvgIpc) is 2.39. The molecule has 0 aliphatic heterocycles. The molecular formula is C7H10N2OS. The third kappa shape index (κ3) is 2.40. The zero-order chi connectivity index (χ0) is 8.27. The number of thiazole rings is 1. The second-order valence-electron chi connectivity index (χ2n) is 2.39. The van der Waals surface area contributed by atoms with Crippen LogP contribution in [-0.4, -0.2) is 16.8 Å². The molecule has 3 nitrogen and oxygen atoms in total. The van der Waals surface area contributed by atoms with Gasteiger partial charge in [0.25, 0.3) is 0 Å². The zero-order valence-corrected chi connectivity index (χ0v) is 7.10. The summed E-state index contributed by atoms with van der Waals surface area (Å²) < 4.78 is 0. The molecule has 0 saturated carbocycles. The van der Waals surface area contributed by atoms with E-state index in [4.69, 9.17) is 5.73 Å². The SMILES string of the molecule is CC(=O)C(N)Cc1cncs1. The van der Waals surface area contributed by atoms with Gasteiger partial charge in [0, 0.05) is 17.5 Å². The van der Waals surface area contributed by atoms with Crippen LogP contribution < -0.4 is 5.73 Å². The number of nitrogens with zero attached hydrogens (tertiary/aromatic N) is 1. The lowest BCUT2D eigenvalue weighted by atomic mass is 10.1. The first-order chi connectivity index (χ1) is 5.20. The zero-order valence-electron chi connectivity index (χ0n) is 6.28. The molecule has 0 aromatic carbocycles. The van der Waals surface area contributed by atoms with E-state index in [-0.39, 0.29) is 11.8 Å². The number of Topliss-reactive ketones (excluding diaryl/α,β-unsaturated/α-hetero) is 1. The highest BCUT2D eigenvalue weighted by Gasteiger charge is 2.09. The molecule has 1 unspecified atom stereocenters. The Balaban J connectivity index is 2.50. The summed E-state index contributed by atoms with van der Waals surface area (Å²) in [5.74, 6) is 0.0263. The molecule has 0 radical (unpaired) electrons. The minimum Gasteiger partial charge on any atom is -0.321 e. The molecule has 2 N–H and O–H groups in total. The van der Waals surface area contributed by atoms with Crippen LogP contribution in [0.2, 0.25) is 0 Å². The molecular weight excluding hydrogens is 160 g/mol. The fraction of sp³-hybridized carbons (Fsp3) is 0.429. The predicted molar refractivity (Wildman–Crippen MR) is 44.5 cm³/mol. The first-order valence-corrected chi connectivity index (χ1v) is 4.21. The van der Waals surface area contributed by atoms with E-state index in [0.717, 1.165) is 4.88 Å². The molecule has 1 heterocycles. The molecule has 1 atom stereocenters. The van der Waals surface area contributed by atoms with Gasteiger partial charge in [0.1, 0.15) is 5.78 Å². The summed E-state index contributed by atoms with van der Waals surface area (Å²) in [4.78, 5) is 15.7. The average molecular weight is 170 g/mol. The van der Waals surface area contributed by atoms with Crippen molar-refractivity contribution in [2.24, 2.45) is 5.73 Å². The van der Waals surface area contributed by atoms with Gasteiger partial charge < -0.3 is 5.73 Å². The van der Waals surface area contributed by atoms with Gasteiger partial charge in [-0.1, -0.05) is 0 Å². The Labute approximate surface area is 69.3 Å². The number of rotatable bonds is 3. The summed E-state index contributed by atoms with van der Waals surface area (Å²) in [5, 5.41) is 0. The van der Waals surface area contributed by atoms with Crippen LogP contribution in [0.5, 0.6) is 0 Å². The van der Waals surface area contributed by atoms with Gasteiger partial charge in [0.15, 0.2) is 0 Å². The van der Waals surface area contributed by atoms with E-state index < -0.39 is 0 Å². The van der Waals surface area contributed by atoms with Crippen LogP contribution in [-0.2, 0) is 11.2 Å². The van der Waals surface area contributed by atoms with Crippen molar-refractivity contribution >= 4 is 17.1 Å². The van der Waals surface area contributed by atoms with Crippen LogP contribution in [0.3, 0.4) is 0 Å². The molecule has 0 saturated heterocycles. The van der Waals surface area contributed by atoms with E-state index in [0.29, 0.717) is 6.42 Å². The number of aromatic nitrogens is 1. The van der Waals surface area contributed by atoms with Crippen molar-refractivity contribution in [3.63, 3.8) is 0 Å². The number of nitrogens with two attached hydrogens (primary N) is 1. The van der Waals surface area contributed by atoms with Crippen molar-refractivity contribution in [3.8, 4) is 0 Å². The van der Waals surface area contributed by atoms with Crippen LogP contribution in [0.15, 0.2) is 11.7 Å². The summed E-state index contributed by atoms with van der Waals surface area (Å²) >= 11 is 1.53. The standard InChI is InChI=1S/C7H10N2OS/c1-5(10)7(8)2-6-3-9-4-11-6/h3-4,7H,2,8H2,1H3. The van der Waals surface area contributed by atoms with Gasteiger partial charge in [0.05, 0.1) is 11.6 Å². The van der Waals surface area contributed by atoms with E-state index in [1.807, 2.05) is 0 Å². The summed E-state index contributed by atoms with van der Waals surface area (Å²) in [6, 6.07) is -0.365. The van der Waals surface area contributed by atoms with E-state index >= 15 is 0 Å². The minimum atomic E-state index is -0.365. The Morgan fingerprint density at radius 1 is 1.91 bits per heavy atom. The van der Waals surface area contributed by atoms with Gasteiger partial charge >= 0.3 is 0 Å². The lowest BCUT2D eigenvalue weighted by Gasteiger charge is -2.03. The van der Waals surface area contributed by atoms with E-state index in [9.17, 15) is 4.79 Å². The van der Waals surface area contributed by atoms with E-state index in [1.165, 1.54) is 18.3 Å². The molecule has 0 spiro atoms. The number of carbonyl (C=O) groups is 1. The third-order valence-corrected chi connectivity index (χ3v) is 2.23. The van der Waals surface area contributed by atoms with E-state index in [2.05, 4.69) is 4.98 Å². The summed E-state index contributed by atoms with van der Waals surface area (Å²) in [7, 11) is 0. The van der Waals surface area contributed by atoms with Crippen LogP contribution in [0.1, 0.15) is 11.8 Å². The first-order valence-electron chi connectivity index (χ1n) is 3.33. The van der Waals surface area contributed by atoms with Crippen molar-refractivity contribution < 1.29 is 4.79 Å². The van der Waals surface area contributed by atoms with Crippen molar-refractivity contribution in [2.75, 3.05) is 0 Å². The Morgan fingerprint density at radius 3 is 3.09 bits per heavy atom. The lowest BCUT2D eigenvalue weighted by Crippen LogP contribution is -2.30. The number of hydrogen-bond donors (Lipinski definition) is 1. The van der Waals surface area contributed by atoms with Gasteiger partial charge in [-0.3, -0.25) is 9.78 Å². The summed E-state index contributed by atoms with van der Waals surface area (Å²) in [6.45, 7) is 1.51. The summed E-state index contributed by atoms with van der Waals surface area (Å²) in [5.41, 5.74) is 7.28. The molecule has 0 aliphatic carbocycles. The third-order valence-electron chi connectivity index (χ3n) is 1.43. The highest BCUT2D eigenvalue weighted by atomic mass is 32.1. The molecule has 0 aliphatic rings.